The third kappa shape index (κ3) is 4.10. The molecule has 0 bridgehead atoms. The van der Waals surface area contributed by atoms with E-state index >= 15 is 0 Å². The highest BCUT2D eigenvalue weighted by Gasteiger charge is 2.29. The lowest BCUT2D eigenvalue weighted by molar-refractivity contribution is 0.0931. The zero-order chi connectivity index (χ0) is 19.6. The summed E-state index contributed by atoms with van der Waals surface area (Å²) in [5.41, 5.74) is 0.310. The van der Waals surface area contributed by atoms with Crippen molar-refractivity contribution in [2.45, 2.75) is 23.8 Å². The Kier molecular flexibility index (Phi) is 5.73. The molecule has 1 aliphatic heterocycles. The summed E-state index contributed by atoms with van der Waals surface area (Å²) in [7, 11) is 1.94. The molecule has 1 saturated heterocycles. The van der Waals surface area contributed by atoms with E-state index in [0.717, 1.165) is 18.6 Å². The Labute approximate surface area is 159 Å². The zero-order valence-corrected chi connectivity index (χ0v) is 16.7. The van der Waals surface area contributed by atoms with Gasteiger partial charge in [0.1, 0.15) is 16.3 Å². The van der Waals surface area contributed by atoms with Crippen molar-refractivity contribution in [3.63, 3.8) is 0 Å². The van der Waals surface area contributed by atoms with E-state index in [-0.39, 0.29) is 16.8 Å². The normalized spacial score (nSPS) is 16.7. The number of aryl methyl sites for hydroxylation is 1. The van der Waals surface area contributed by atoms with Gasteiger partial charge in [-0.1, -0.05) is 0 Å². The molecular weight excluding hydrogens is 368 g/mol. The molecule has 2 aromatic heterocycles. The summed E-state index contributed by atoms with van der Waals surface area (Å²) >= 11 is 0. The molecule has 0 radical (unpaired) electrons. The lowest BCUT2D eigenvalue weighted by Gasteiger charge is -2.22. The van der Waals surface area contributed by atoms with Gasteiger partial charge in [-0.25, -0.2) is 8.42 Å². The maximum absolute atomic E-state index is 12.7. The van der Waals surface area contributed by atoms with Gasteiger partial charge in [-0.15, -0.1) is 0 Å². The Morgan fingerprint density at radius 1 is 1.33 bits per heavy atom. The summed E-state index contributed by atoms with van der Waals surface area (Å²) in [5.74, 6) is 0.434. The number of rotatable bonds is 7. The predicted octanol–water partition coefficient (Wildman–Crippen LogP) is 1.44. The molecule has 1 unspecified atom stereocenters. The third-order valence-electron chi connectivity index (χ3n) is 4.87. The van der Waals surface area contributed by atoms with Crippen molar-refractivity contribution in [3.05, 3.63) is 42.1 Å². The van der Waals surface area contributed by atoms with Crippen LogP contribution in [0.4, 0.5) is 0 Å². The number of hydrogen-bond donors (Lipinski definition) is 1. The summed E-state index contributed by atoms with van der Waals surface area (Å²) in [4.78, 5) is 14.7. The molecule has 0 aromatic carbocycles. The van der Waals surface area contributed by atoms with Gasteiger partial charge in [0.25, 0.3) is 5.91 Å². The molecule has 27 heavy (non-hydrogen) atoms. The number of carbonyl (C=O) groups excluding carboxylic acids is 1. The summed E-state index contributed by atoms with van der Waals surface area (Å²) < 4.78 is 33.9. The zero-order valence-electron chi connectivity index (χ0n) is 15.9. The number of nitrogens with one attached hydrogen (secondary N) is 1. The second-order valence-corrected chi connectivity index (χ2v) is 8.93. The highest BCUT2D eigenvalue weighted by molar-refractivity contribution is 7.89. The fourth-order valence-electron chi connectivity index (χ4n) is 3.28. The molecule has 0 aliphatic carbocycles. The Morgan fingerprint density at radius 2 is 2.04 bits per heavy atom. The third-order valence-corrected chi connectivity index (χ3v) is 6.73. The Bertz CT molecular complexity index is 881. The molecule has 0 spiro atoms. The van der Waals surface area contributed by atoms with E-state index in [1.165, 1.54) is 16.6 Å². The topological polar surface area (TPSA) is 87.8 Å². The highest BCUT2D eigenvalue weighted by atomic mass is 32.2. The van der Waals surface area contributed by atoms with Gasteiger partial charge < -0.3 is 14.3 Å². The van der Waals surface area contributed by atoms with Gasteiger partial charge in [-0.3, -0.25) is 9.69 Å². The van der Waals surface area contributed by atoms with E-state index in [2.05, 4.69) is 5.32 Å². The van der Waals surface area contributed by atoms with Gasteiger partial charge in [0, 0.05) is 32.9 Å². The van der Waals surface area contributed by atoms with E-state index in [4.69, 9.17) is 4.42 Å². The first-order valence-corrected chi connectivity index (χ1v) is 10.4. The van der Waals surface area contributed by atoms with E-state index in [1.54, 1.807) is 23.9 Å². The van der Waals surface area contributed by atoms with Crippen LogP contribution in [0.2, 0.25) is 0 Å². The van der Waals surface area contributed by atoms with Crippen molar-refractivity contribution in [1.82, 2.24) is 19.1 Å². The van der Waals surface area contributed by atoms with E-state index in [9.17, 15) is 13.2 Å². The quantitative estimate of drug-likeness (QED) is 0.768. The van der Waals surface area contributed by atoms with E-state index < -0.39 is 10.0 Å². The first-order chi connectivity index (χ1) is 12.8. The number of sulfonamides is 1. The minimum absolute atomic E-state index is 0.114. The smallest absolute Gasteiger partial charge is 0.268 e. The Balaban J connectivity index is 1.73. The minimum atomic E-state index is -3.54. The largest absolute Gasteiger partial charge is 0.468 e. The van der Waals surface area contributed by atoms with Crippen LogP contribution in [0.5, 0.6) is 0 Å². The number of furan rings is 1. The number of carbonyl (C=O) groups is 1. The van der Waals surface area contributed by atoms with Gasteiger partial charge in [0.05, 0.1) is 12.3 Å². The molecule has 148 valence electrons. The second-order valence-electron chi connectivity index (χ2n) is 6.99. The average molecular weight is 394 g/mol. The van der Waals surface area contributed by atoms with E-state index in [1.807, 2.05) is 25.1 Å². The monoisotopic (exact) mass is 394 g/mol. The molecule has 2 aromatic rings. The van der Waals surface area contributed by atoms with Crippen molar-refractivity contribution in [1.29, 1.82) is 0 Å². The average Bonchev–Trinajstić information content (AvgIpc) is 3.36. The fraction of sp³-hybridized carbons (Fsp3) is 0.500. The van der Waals surface area contributed by atoms with Gasteiger partial charge in [-0.05, 0) is 45.1 Å². The number of likely N-dealkylation sites (N-methyl/N-ethyl adjacent to an activating group) is 1. The Hall–Kier alpha value is -2.10. The van der Waals surface area contributed by atoms with Gasteiger partial charge in [-0.2, -0.15) is 4.31 Å². The maximum Gasteiger partial charge on any atom is 0.268 e. The fourth-order valence-corrected chi connectivity index (χ4v) is 4.87. The first kappa shape index (κ1) is 19.7. The molecule has 1 fully saturated rings. The number of nitrogens with zero attached hydrogens (tertiary/aromatic N) is 3. The van der Waals surface area contributed by atoms with E-state index in [0.29, 0.717) is 25.3 Å². The molecule has 1 atom stereocenters. The molecular formula is C18H26N4O4S. The van der Waals surface area contributed by atoms with Gasteiger partial charge in [0.15, 0.2) is 0 Å². The molecule has 9 heteroatoms. The van der Waals surface area contributed by atoms with Crippen molar-refractivity contribution in [2.24, 2.45) is 7.05 Å². The first-order valence-electron chi connectivity index (χ1n) is 8.95. The van der Waals surface area contributed by atoms with Crippen LogP contribution in [0.3, 0.4) is 0 Å². The SMILES string of the molecule is CN(C)C(CNC(=O)c1cc(S(=O)(=O)N2CCCC2)cn1C)c1ccco1. The number of hydrogen-bond acceptors (Lipinski definition) is 5. The van der Waals surface area contributed by atoms with Gasteiger partial charge in [0.2, 0.25) is 10.0 Å². The molecule has 8 nitrogen and oxygen atoms in total. The van der Waals surface area contributed by atoms with Crippen molar-refractivity contribution >= 4 is 15.9 Å². The van der Waals surface area contributed by atoms with Crippen molar-refractivity contribution in [3.8, 4) is 0 Å². The minimum Gasteiger partial charge on any atom is -0.468 e. The van der Waals surface area contributed by atoms with Crippen LogP contribution in [0.25, 0.3) is 0 Å². The summed E-state index contributed by atoms with van der Waals surface area (Å²) in [6, 6.07) is 5.00. The lowest BCUT2D eigenvalue weighted by Crippen LogP contribution is -2.35. The summed E-state index contributed by atoms with van der Waals surface area (Å²) in [6.45, 7) is 1.41. The van der Waals surface area contributed by atoms with Crippen molar-refractivity contribution in [2.75, 3.05) is 33.7 Å². The lowest BCUT2D eigenvalue weighted by atomic mass is 10.2. The highest BCUT2D eigenvalue weighted by Crippen LogP contribution is 2.23. The molecule has 1 aliphatic rings. The van der Waals surface area contributed by atoms with Crippen LogP contribution in [-0.2, 0) is 17.1 Å². The predicted molar refractivity (Wildman–Crippen MR) is 101 cm³/mol. The van der Waals surface area contributed by atoms with Crippen LogP contribution < -0.4 is 5.32 Å². The van der Waals surface area contributed by atoms with Crippen LogP contribution in [-0.4, -0.2) is 61.8 Å². The second kappa shape index (κ2) is 7.87. The van der Waals surface area contributed by atoms with Crippen LogP contribution in [0.15, 0.2) is 40.0 Å². The molecule has 1 N–H and O–H groups in total. The molecule has 3 rings (SSSR count). The van der Waals surface area contributed by atoms with Crippen LogP contribution in [0.1, 0.15) is 35.1 Å². The summed E-state index contributed by atoms with van der Waals surface area (Å²) in [6.07, 6.45) is 4.84. The van der Waals surface area contributed by atoms with Crippen LogP contribution in [0, 0.1) is 0 Å². The van der Waals surface area contributed by atoms with Gasteiger partial charge >= 0.3 is 0 Å². The van der Waals surface area contributed by atoms with Crippen molar-refractivity contribution < 1.29 is 17.6 Å². The summed E-state index contributed by atoms with van der Waals surface area (Å²) in [5, 5.41) is 2.87. The molecule has 1 amide bonds. The molecule has 3 heterocycles. The Morgan fingerprint density at radius 3 is 2.63 bits per heavy atom. The van der Waals surface area contributed by atoms with Crippen LogP contribution >= 0.6 is 0 Å². The standard InChI is InChI=1S/C18H26N4O4S/c1-20(2)16(17-7-6-10-26-17)12-19-18(23)15-11-14(13-21(15)3)27(24,25)22-8-4-5-9-22/h6-7,10-11,13,16H,4-5,8-9,12H2,1-3H3,(H,19,23). The number of aromatic nitrogens is 1. The number of amides is 1. The maximum atomic E-state index is 12.7. The molecule has 0 saturated carbocycles.